The van der Waals surface area contributed by atoms with Gasteiger partial charge in [0, 0.05) is 13.5 Å². The number of rotatable bonds is 6. The van der Waals surface area contributed by atoms with Crippen LogP contribution >= 0.6 is 0 Å². The molecule has 0 saturated carbocycles. The van der Waals surface area contributed by atoms with E-state index in [1.165, 1.54) is 7.11 Å². The first-order valence-corrected chi connectivity index (χ1v) is 5.30. The lowest BCUT2D eigenvalue weighted by molar-refractivity contribution is -0.144. The molecule has 0 saturated heterocycles. The molecule has 0 aromatic carbocycles. The molecule has 0 aliphatic heterocycles. The molecule has 1 N–H and O–H groups in total. The molecule has 0 radical (unpaired) electrons. The van der Waals surface area contributed by atoms with Crippen LogP contribution in [0.3, 0.4) is 0 Å². The Bertz CT molecular complexity index is 234. The second kappa shape index (κ2) is 5.85. The maximum Gasteiger partial charge on any atom is 0.252 e. The Morgan fingerprint density at radius 1 is 1.40 bits per heavy atom. The van der Waals surface area contributed by atoms with Crippen molar-refractivity contribution < 1.29 is 14.3 Å². The van der Waals surface area contributed by atoms with E-state index in [1.54, 1.807) is 20.8 Å². The van der Waals surface area contributed by atoms with Crippen LogP contribution in [0.5, 0.6) is 0 Å². The highest BCUT2D eigenvalue weighted by Gasteiger charge is 2.32. The molecular formula is C11H21NO3. The van der Waals surface area contributed by atoms with Gasteiger partial charge in [0.1, 0.15) is 5.60 Å². The second-order valence-electron chi connectivity index (χ2n) is 3.80. The zero-order chi connectivity index (χ0) is 12.1. The van der Waals surface area contributed by atoms with Gasteiger partial charge >= 0.3 is 0 Å². The summed E-state index contributed by atoms with van der Waals surface area (Å²) in [6.07, 6.45) is 1.000. The smallest absolute Gasteiger partial charge is 0.252 e. The molecule has 0 aromatic rings. The molecule has 1 amide bonds. The average molecular weight is 215 g/mol. The molecule has 0 bridgehead atoms. The SMILES string of the molecule is CCC(=O)C(C)NC(=O)C(C)(CC)OC. The first-order valence-electron chi connectivity index (χ1n) is 5.30. The lowest BCUT2D eigenvalue weighted by Gasteiger charge is -2.26. The maximum atomic E-state index is 11.8. The van der Waals surface area contributed by atoms with Crippen molar-refractivity contribution >= 4 is 11.7 Å². The third kappa shape index (κ3) is 3.63. The van der Waals surface area contributed by atoms with Crippen LogP contribution in [0.15, 0.2) is 0 Å². The van der Waals surface area contributed by atoms with Crippen molar-refractivity contribution in [3.8, 4) is 0 Å². The zero-order valence-corrected chi connectivity index (χ0v) is 10.2. The van der Waals surface area contributed by atoms with Crippen LogP contribution in [0.25, 0.3) is 0 Å². The predicted octanol–water partition coefficient (Wildman–Crippen LogP) is 1.29. The van der Waals surface area contributed by atoms with Crippen molar-refractivity contribution in [2.75, 3.05) is 7.11 Å². The van der Waals surface area contributed by atoms with E-state index >= 15 is 0 Å². The van der Waals surface area contributed by atoms with E-state index in [9.17, 15) is 9.59 Å². The fourth-order valence-corrected chi connectivity index (χ4v) is 1.13. The van der Waals surface area contributed by atoms with E-state index in [0.717, 1.165) is 0 Å². The van der Waals surface area contributed by atoms with Gasteiger partial charge in [0.05, 0.1) is 6.04 Å². The summed E-state index contributed by atoms with van der Waals surface area (Å²) in [5, 5.41) is 2.66. The van der Waals surface area contributed by atoms with Crippen molar-refractivity contribution in [3.05, 3.63) is 0 Å². The number of ketones is 1. The number of amides is 1. The number of hydrogen-bond donors (Lipinski definition) is 1. The van der Waals surface area contributed by atoms with Crippen LogP contribution in [-0.4, -0.2) is 30.4 Å². The van der Waals surface area contributed by atoms with Crippen LogP contribution in [-0.2, 0) is 14.3 Å². The van der Waals surface area contributed by atoms with E-state index in [-0.39, 0.29) is 11.7 Å². The Balaban J connectivity index is 4.42. The van der Waals surface area contributed by atoms with E-state index in [2.05, 4.69) is 5.32 Å². The molecule has 0 rings (SSSR count). The van der Waals surface area contributed by atoms with Crippen molar-refractivity contribution in [1.29, 1.82) is 0 Å². The summed E-state index contributed by atoms with van der Waals surface area (Å²) in [6.45, 7) is 7.05. The van der Waals surface area contributed by atoms with Gasteiger partial charge in [-0.1, -0.05) is 13.8 Å². The van der Waals surface area contributed by atoms with Gasteiger partial charge in [-0.05, 0) is 20.3 Å². The Kier molecular flexibility index (Phi) is 5.50. The molecule has 0 aliphatic carbocycles. The fraction of sp³-hybridized carbons (Fsp3) is 0.818. The first kappa shape index (κ1) is 14.1. The lowest BCUT2D eigenvalue weighted by atomic mass is 10.0. The van der Waals surface area contributed by atoms with Crippen LogP contribution in [0.2, 0.25) is 0 Å². The summed E-state index contributed by atoms with van der Waals surface area (Å²) < 4.78 is 5.14. The number of Topliss-reactive ketones (excluding diaryl/α,β-unsaturated/α-hetero) is 1. The van der Waals surface area contributed by atoms with Gasteiger partial charge in [0.15, 0.2) is 5.78 Å². The molecule has 15 heavy (non-hydrogen) atoms. The van der Waals surface area contributed by atoms with Gasteiger partial charge < -0.3 is 10.1 Å². The summed E-state index contributed by atoms with van der Waals surface area (Å²) in [4.78, 5) is 23.1. The number of hydrogen-bond acceptors (Lipinski definition) is 3. The first-order chi connectivity index (χ1) is 6.91. The van der Waals surface area contributed by atoms with Crippen molar-refractivity contribution in [2.45, 2.75) is 52.2 Å². The molecule has 0 fully saturated rings. The third-order valence-corrected chi connectivity index (χ3v) is 2.78. The molecule has 2 unspecified atom stereocenters. The minimum Gasteiger partial charge on any atom is -0.369 e. The quantitative estimate of drug-likeness (QED) is 0.726. The number of nitrogens with one attached hydrogen (secondary N) is 1. The van der Waals surface area contributed by atoms with Gasteiger partial charge in [0.25, 0.3) is 5.91 Å². The number of carbonyl (C=O) groups excluding carboxylic acids is 2. The molecule has 0 heterocycles. The molecule has 2 atom stereocenters. The van der Waals surface area contributed by atoms with Crippen LogP contribution in [0.1, 0.15) is 40.5 Å². The lowest BCUT2D eigenvalue weighted by Crippen LogP contribution is -2.50. The average Bonchev–Trinajstić information content (AvgIpc) is 2.26. The van der Waals surface area contributed by atoms with Crippen molar-refractivity contribution in [1.82, 2.24) is 5.32 Å². The van der Waals surface area contributed by atoms with Gasteiger partial charge in [-0.3, -0.25) is 9.59 Å². The van der Waals surface area contributed by atoms with Gasteiger partial charge in [-0.2, -0.15) is 0 Å². The van der Waals surface area contributed by atoms with Crippen LogP contribution in [0.4, 0.5) is 0 Å². The summed E-state index contributed by atoms with van der Waals surface area (Å²) >= 11 is 0. The molecule has 4 heteroatoms. The van der Waals surface area contributed by atoms with Crippen LogP contribution < -0.4 is 5.32 Å². The monoisotopic (exact) mass is 215 g/mol. The van der Waals surface area contributed by atoms with Gasteiger partial charge in [0.2, 0.25) is 0 Å². The van der Waals surface area contributed by atoms with Gasteiger partial charge in [-0.25, -0.2) is 0 Å². The highest BCUT2D eigenvalue weighted by Crippen LogP contribution is 2.14. The molecule has 88 valence electrons. The highest BCUT2D eigenvalue weighted by atomic mass is 16.5. The summed E-state index contributed by atoms with van der Waals surface area (Å²) in [6, 6.07) is -0.441. The highest BCUT2D eigenvalue weighted by molar-refractivity contribution is 5.91. The molecule has 0 aromatic heterocycles. The number of ether oxygens (including phenoxy) is 1. The van der Waals surface area contributed by atoms with E-state index in [4.69, 9.17) is 4.74 Å². The van der Waals surface area contributed by atoms with E-state index in [0.29, 0.717) is 12.8 Å². The standard InChI is InChI=1S/C11H21NO3/c1-6-9(13)8(3)12-10(14)11(4,7-2)15-5/h8H,6-7H2,1-5H3,(H,12,14). The topological polar surface area (TPSA) is 55.4 Å². The molecule has 0 spiro atoms. The number of methoxy groups -OCH3 is 1. The maximum absolute atomic E-state index is 11.8. The minimum atomic E-state index is -0.845. The Morgan fingerprint density at radius 2 is 1.93 bits per heavy atom. The Morgan fingerprint density at radius 3 is 2.27 bits per heavy atom. The predicted molar refractivity (Wildman–Crippen MR) is 58.6 cm³/mol. The van der Waals surface area contributed by atoms with Gasteiger partial charge in [-0.15, -0.1) is 0 Å². The van der Waals surface area contributed by atoms with E-state index in [1.807, 2.05) is 6.92 Å². The van der Waals surface area contributed by atoms with Crippen molar-refractivity contribution in [2.24, 2.45) is 0 Å². The Hall–Kier alpha value is -0.900. The summed E-state index contributed by atoms with van der Waals surface area (Å²) in [7, 11) is 1.50. The largest absolute Gasteiger partial charge is 0.369 e. The Labute approximate surface area is 91.4 Å². The minimum absolute atomic E-state index is 0.0258. The van der Waals surface area contributed by atoms with Crippen LogP contribution in [0, 0.1) is 0 Å². The molecular weight excluding hydrogens is 194 g/mol. The summed E-state index contributed by atoms with van der Waals surface area (Å²) in [5.41, 5.74) is -0.845. The normalized spacial score (nSPS) is 16.6. The van der Waals surface area contributed by atoms with Crippen molar-refractivity contribution in [3.63, 3.8) is 0 Å². The molecule has 4 nitrogen and oxygen atoms in total. The second-order valence-corrected chi connectivity index (χ2v) is 3.80. The third-order valence-electron chi connectivity index (χ3n) is 2.78. The number of carbonyl (C=O) groups is 2. The zero-order valence-electron chi connectivity index (χ0n) is 10.2. The molecule has 0 aliphatic rings. The van der Waals surface area contributed by atoms with E-state index < -0.39 is 11.6 Å². The summed E-state index contributed by atoms with van der Waals surface area (Å²) in [5.74, 6) is -0.209. The fourth-order valence-electron chi connectivity index (χ4n) is 1.13.